The number of benzene rings is 1. The number of carbonyl (C=O) groups excluding carboxylic acids is 5. The van der Waals surface area contributed by atoms with Gasteiger partial charge in [-0.15, -0.1) is 0 Å². The molecule has 10 nitrogen and oxygen atoms in total. The highest BCUT2D eigenvalue weighted by atomic mass is 16.6. The maximum atomic E-state index is 11.9. The van der Waals surface area contributed by atoms with Crippen molar-refractivity contribution < 1.29 is 38.6 Å². The largest absolute Gasteiger partial charge is 0.490 e. The average Bonchev–Trinajstić information content (AvgIpc) is 2.68. The fourth-order valence-electron chi connectivity index (χ4n) is 2.17. The van der Waals surface area contributed by atoms with Gasteiger partial charge in [0.1, 0.15) is 37.3 Å². The Hall–Kier alpha value is -3.27. The molecule has 30 heavy (non-hydrogen) atoms. The molecule has 0 aliphatic heterocycles. The Morgan fingerprint density at radius 3 is 2.17 bits per heavy atom. The summed E-state index contributed by atoms with van der Waals surface area (Å²) in [4.78, 5) is 56.3. The van der Waals surface area contributed by atoms with E-state index in [1.165, 1.54) is 26.0 Å². The number of aliphatic hydroxyl groups is 1. The number of ketones is 1. The molecule has 0 saturated carbocycles. The van der Waals surface area contributed by atoms with Gasteiger partial charge in [0.15, 0.2) is 5.78 Å². The number of ether oxygens (including phenoxy) is 2. The fourth-order valence-corrected chi connectivity index (χ4v) is 2.17. The molecule has 0 bridgehead atoms. The number of hydrogen-bond acceptors (Lipinski definition) is 8. The molecule has 2 amide bonds. The molecule has 10 heteroatoms. The predicted octanol–water partition coefficient (Wildman–Crippen LogP) is -0.226. The minimum absolute atomic E-state index is 0.0505. The van der Waals surface area contributed by atoms with Gasteiger partial charge in [-0.3, -0.25) is 19.2 Å². The molecular formula is C20H26N2O8. The van der Waals surface area contributed by atoms with Crippen molar-refractivity contribution in [2.24, 2.45) is 0 Å². The molecule has 0 aliphatic rings. The lowest BCUT2D eigenvalue weighted by Gasteiger charge is -2.15. The smallest absolute Gasteiger partial charge is 0.315 e. The fraction of sp³-hybridized carbons (Fsp3) is 0.450. The Balaban J connectivity index is 2.21. The minimum Gasteiger partial charge on any atom is -0.490 e. The summed E-state index contributed by atoms with van der Waals surface area (Å²) in [5.41, 5.74) is -1.12. The monoisotopic (exact) mass is 422 g/mol. The summed E-state index contributed by atoms with van der Waals surface area (Å²) in [6, 6.07) is 6.16. The van der Waals surface area contributed by atoms with Gasteiger partial charge in [0.25, 0.3) is 0 Å². The van der Waals surface area contributed by atoms with Crippen molar-refractivity contribution in [3.63, 3.8) is 0 Å². The maximum Gasteiger partial charge on any atom is 0.315 e. The third-order valence-corrected chi connectivity index (χ3v) is 3.63. The second kappa shape index (κ2) is 12.3. The van der Waals surface area contributed by atoms with Gasteiger partial charge in [0.2, 0.25) is 11.8 Å². The van der Waals surface area contributed by atoms with E-state index in [1.807, 2.05) is 0 Å². The summed E-state index contributed by atoms with van der Waals surface area (Å²) in [5, 5.41) is 14.6. The summed E-state index contributed by atoms with van der Waals surface area (Å²) < 4.78 is 10.3. The summed E-state index contributed by atoms with van der Waals surface area (Å²) in [7, 11) is 0. The van der Waals surface area contributed by atoms with E-state index in [-0.39, 0.29) is 32.7 Å². The van der Waals surface area contributed by atoms with E-state index < -0.39 is 35.6 Å². The van der Waals surface area contributed by atoms with Crippen molar-refractivity contribution >= 4 is 29.9 Å². The molecular weight excluding hydrogens is 396 g/mol. The summed E-state index contributed by atoms with van der Waals surface area (Å²) >= 11 is 0. The molecule has 1 aromatic carbocycles. The van der Waals surface area contributed by atoms with E-state index in [9.17, 15) is 29.1 Å². The Bertz CT molecular complexity index is 753. The van der Waals surface area contributed by atoms with Gasteiger partial charge < -0.3 is 30.0 Å². The normalized spacial score (nSPS) is 10.6. The van der Waals surface area contributed by atoms with Crippen LogP contribution in [0.2, 0.25) is 0 Å². The van der Waals surface area contributed by atoms with E-state index in [4.69, 9.17) is 9.47 Å². The van der Waals surface area contributed by atoms with Gasteiger partial charge >= 0.3 is 5.97 Å². The van der Waals surface area contributed by atoms with Crippen LogP contribution in [0, 0.1) is 0 Å². The number of rotatable bonds is 13. The molecule has 164 valence electrons. The zero-order valence-electron chi connectivity index (χ0n) is 16.9. The third kappa shape index (κ3) is 9.78. The standard InChI is InChI=1S/C20H26N2O8/c1-20(2,28)19(27)14-3-5-15(6-4-14)29-11-12-30-18(26)13-17(25)22-9-8-21-16(24)7-10-23/h3-6,10,28H,7-9,11-13H2,1-2H3,(H,21,24)(H,22,25). The first-order valence-corrected chi connectivity index (χ1v) is 9.26. The van der Waals surface area contributed by atoms with Crippen molar-refractivity contribution in [1.82, 2.24) is 10.6 Å². The quantitative estimate of drug-likeness (QED) is 0.130. The van der Waals surface area contributed by atoms with Gasteiger partial charge in [-0.25, -0.2) is 0 Å². The second-order valence-electron chi connectivity index (χ2n) is 6.73. The molecule has 0 spiro atoms. The van der Waals surface area contributed by atoms with Crippen LogP contribution >= 0.6 is 0 Å². The highest BCUT2D eigenvalue weighted by Gasteiger charge is 2.24. The Labute approximate surface area is 173 Å². The van der Waals surface area contributed by atoms with E-state index in [2.05, 4.69) is 10.6 Å². The van der Waals surface area contributed by atoms with Crippen LogP contribution in [0.4, 0.5) is 0 Å². The van der Waals surface area contributed by atoms with Crippen molar-refractivity contribution in [2.75, 3.05) is 26.3 Å². The third-order valence-electron chi connectivity index (χ3n) is 3.63. The lowest BCUT2D eigenvalue weighted by Crippen LogP contribution is -2.35. The van der Waals surface area contributed by atoms with Gasteiger partial charge in [-0.2, -0.15) is 0 Å². The van der Waals surface area contributed by atoms with Crippen LogP contribution in [0.3, 0.4) is 0 Å². The van der Waals surface area contributed by atoms with Gasteiger partial charge in [-0.05, 0) is 38.1 Å². The predicted molar refractivity (Wildman–Crippen MR) is 105 cm³/mol. The van der Waals surface area contributed by atoms with Crippen molar-refractivity contribution in [3.8, 4) is 5.75 Å². The molecule has 1 rings (SSSR count). The molecule has 0 atom stereocenters. The topological polar surface area (TPSA) is 148 Å². The van der Waals surface area contributed by atoms with E-state index in [1.54, 1.807) is 12.1 Å². The molecule has 1 aromatic rings. The van der Waals surface area contributed by atoms with E-state index >= 15 is 0 Å². The summed E-state index contributed by atoms with van der Waals surface area (Å²) in [6.45, 7) is 3.05. The minimum atomic E-state index is -1.47. The van der Waals surface area contributed by atoms with Crippen molar-refractivity contribution in [1.29, 1.82) is 0 Å². The molecule has 0 aromatic heterocycles. The van der Waals surface area contributed by atoms with Crippen LogP contribution in [-0.4, -0.2) is 66.9 Å². The summed E-state index contributed by atoms with van der Waals surface area (Å²) in [6.07, 6.45) is -0.247. The first kappa shape index (κ1) is 24.8. The molecule has 0 radical (unpaired) electrons. The van der Waals surface area contributed by atoms with Crippen molar-refractivity contribution in [2.45, 2.75) is 32.3 Å². The van der Waals surface area contributed by atoms with Gasteiger partial charge in [0.05, 0.1) is 6.42 Å². The molecule has 0 aliphatic carbocycles. The SMILES string of the molecule is CC(C)(O)C(=O)c1ccc(OCCOC(=O)CC(=O)NCCNC(=O)CC=O)cc1. The number of nitrogens with one attached hydrogen (secondary N) is 2. The van der Waals surface area contributed by atoms with Crippen molar-refractivity contribution in [3.05, 3.63) is 29.8 Å². The number of esters is 1. The maximum absolute atomic E-state index is 11.9. The van der Waals surface area contributed by atoms with E-state index in [0.717, 1.165) is 0 Å². The zero-order chi connectivity index (χ0) is 22.6. The number of amides is 2. The molecule has 0 fully saturated rings. The van der Waals surface area contributed by atoms with Gasteiger partial charge in [0, 0.05) is 18.7 Å². The van der Waals surface area contributed by atoms with Crippen LogP contribution in [0.25, 0.3) is 0 Å². The highest BCUT2D eigenvalue weighted by Crippen LogP contribution is 2.17. The van der Waals surface area contributed by atoms with Gasteiger partial charge in [-0.1, -0.05) is 0 Å². The van der Waals surface area contributed by atoms with Crippen LogP contribution in [-0.2, 0) is 23.9 Å². The molecule has 0 unspecified atom stereocenters. The zero-order valence-corrected chi connectivity index (χ0v) is 16.9. The molecule has 0 heterocycles. The number of hydrogen-bond donors (Lipinski definition) is 3. The van der Waals surface area contributed by atoms with Crippen LogP contribution in [0.1, 0.15) is 37.0 Å². The number of carbonyl (C=O) groups is 5. The Morgan fingerprint density at radius 2 is 1.60 bits per heavy atom. The lowest BCUT2D eigenvalue weighted by molar-refractivity contribution is -0.147. The summed E-state index contributed by atoms with van der Waals surface area (Å²) in [5.74, 6) is -1.70. The number of Topliss-reactive ketones (excluding diaryl/α,β-unsaturated/α-hetero) is 1. The van der Waals surface area contributed by atoms with Crippen LogP contribution in [0.15, 0.2) is 24.3 Å². The Kier molecular flexibility index (Phi) is 10.2. The first-order chi connectivity index (χ1) is 14.1. The Morgan fingerprint density at radius 1 is 1.00 bits per heavy atom. The van der Waals surface area contributed by atoms with E-state index in [0.29, 0.717) is 17.6 Å². The average molecular weight is 422 g/mol. The number of aldehydes is 1. The first-order valence-electron chi connectivity index (χ1n) is 9.26. The molecule has 3 N–H and O–H groups in total. The van der Waals surface area contributed by atoms with Crippen LogP contribution in [0.5, 0.6) is 5.75 Å². The molecule has 0 saturated heterocycles. The highest BCUT2D eigenvalue weighted by molar-refractivity contribution is 6.01. The second-order valence-corrected chi connectivity index (χ2v) is 6.73. The lowest BCUT2D eigenvalue weighted by atomic mass is 9.97. The van der Waals surface area contributed by atoms with Crippen LogP contribution < -0.4 is 15.4 Å².